The molecule has 0 aromatic heterocycles. The van der Waals surface area contributed by atoms with Gasteiger partial charge in [-0.15, -0.1) is 0 Å². The number of amides is 1. The lowest BCUT2D eigenvalue weighted by atomic mass is 9.95. The van der Waals surface area contributed by atoms with Gasteiger partial charge in [-0.2, -0.15) is 5.26 Å². The van der Waals surface area contributed by atoms with E-state index in [0.717, 1.165) is 22.3 Å². The molecule has 0 fully saturated rings. The van der Waals surface area contributed by atoms with Crippen LogP contribution in [0.1, 0.15) is 46.3 Å². The van der Waals surface area contributed by atoms with Crippen LogP contribution >= 0.6 is 0 Å². The Morgan fingerprint density at radius 2 is 1.67 bits per heavy atom. The second kappa shape index (κ2) is 9.86. The highest BCUT2D eigenvalue weighted by molar-refractivity contribution is 5.79. The van der Waals surface area contributed by atoms with Crippen molar-refractivity contribution in [1.82, 2.24) is 5.32 Å². The molecular formula is C27H26N2O4. The quantitative estimate of drug-likeness (QED) is 0.509. The Balaban J connectivity index is 1.30. The molecule has 6 nitrogen and oxygen atoms in total. The maximum Gasteiger partial charge on any atom is 0.407 e. The molecule has 0 aliphatic heterocycles. The number of nitriles is 1. The summed E-state index contributed by atoms with van der Waals surface area (Å²) in [4.78, 5) is 12.3. The molecule has 3 aromatic rings. The Bertz CT molecular complexity index is 1160. The van der Waals surface area contributed by atoms with Gasteiger partial charge in [-0.25, -0.2) is 4.79 Å². The number of aliphatic hydroxyl groups is 2. The zero-order chi connectivity index (χ0) is 23.4. The molecule has 1 amide bonds. The van der Waals surface area contributed by atoms with Gasteiger partial charge in [0, 0.05) is 12.5 Å². The second-order valence-electron chi connectivity index (χ2n) is 8.18. The van der Waals surface area contributed by atoms with Gasteiger partial charge in [0.2, 0.25) is 0 Å². The van der Waals surface area contributed by atoms with Gasteiger partial charge in [0.05, 0.1) is 17.7 Å². The van der Waals surface area contributed by atoms with Crippen LogP contribution in [0.25, 0.3) is 11.1 Å². The molecule has 0 saturated heterocycles. The number of aliphatic hydroxyl groups excluding tert-OH is 2. The summed E-state index contributed by atoms with van der Waals surface area (Å²) < 4.78 is 5.49. The van der Waals surface area contributed by atoms with Crippen molar-refractivity contribution in [2.24, 2.45) is 0 Å². The van der Waals surface area contributed by atoms with Crippen LogP contribution in [0.4, 0.5) is 4.79 Å². The molecule has 6 heteroatoms. The van der Waals surface area contributed by atoms with E-state index >= 15 is 0 Å². The smallest absolute Gasteiger partial charge is 0.407 e. The molecule has 2 unspecified atom stereocenters. The fourth-order valence-electron chi connectivity index (χ4n) is 4.43. The van der Waals surface area contributed by atoms with Gasteiger partial charge in [0.25, 0.3) is 0 Å². The first kappa shape index (κ1) is 22.5. The molecule has 0 bridgehead atoms. The Labute approximate surface area is 193 Å². The third-order valence-corrected chi connectivity index (χ3v) is 6.23. The highest BCUT2D eigenvalue weighted by atomic mass is 16.5. The summed E-state index contributed by atoms with van der Waals surface area (Å²) in [5, 5.41) is 32.6. The number of ether oxygens (including phenoxy) is 1. The fraction of sp³-hybridized carbons (Fsp3) is 0.259. The molecule has 0 spiro atoms. The summed E-state index contributed by atoms with van der Waals surface area (Å²) in [6.45, 7) is 2.09. The fourth-order valence-corrected chi connectivity index (χ4v) is 4.43. The molecule has 2 atom stereocenters. The summed E-state index contributed by atoms with van der Waals surface area (Å²) >= 11 is 0. The van der Waals surface area contributed by atoms with Crippen molar-refractivity contribution >= 4 is 6.09 Å². The number of carbonyl (C=O) groups excluding carboxylic acids is 1. The Hall–Kier alpha value is -3.66. The number of nitrogens with one attached hydrogen (secondary N) is 1. The minimum Gasteiger partial charge on any atom is -0.449 e. The number of hydrogen-bond acceptors (Lipinski definition) is 5. The van der Waals surface area contributed by atoms with Crippen LogP contribution in [0, 0.1) is 18.3 Å². The molecule has 1 aliphatic rings. The molecule has 3 N–H and O–H groups in total. The van der Waals surface area contributed by atoms with Crippen molar-refractivity contribution < 1.29 is 19.7 Å². The lowest BCUT2D eigenvalue weighted by Crippen LogP contribution is -2.30. The van der Waals surface area contributed by atoms with Crippen LogP contribution in [0.3, 0.4) is 0 Å². The first-order chi connectivity index (χ1) is 16.0. The number of fused-ring (bicyclic) bond motifs is 3. The third-order valence-electron chi connectivity index (χ3n) is 6.23. The van der Waals surface area contributed by atoms with Crippen molar-refractivity contribution in [3.05, 3.63) is 94.5 Å². The number of benzene rings is 3. The summed E-state index contributed by atoms with van der Waals surface area (Å²) in [5.41, 5.74) is 6.19. The van der Waals surface area contributed by atoms with Gasteiger partial charge in [-0.3, -0.25) is 0 Å². The van der Waals surface area contributed by atoms with Crippen LogP contribution in [0.2, 0.25) is 0 Å². The van der Waals surface area contributed by atoms with E-state index in [-0.39, 0.29) is 25.5 Å². The maximum atomic E-state index is 12.3. The molecule has 168 valence electrons. The molecule has 33 heavy (non-hydrogen) atoms. The molecular weight excluding hydrogens is 416 g/mol. The van der Waals surface area contributed by atoms with Gasteiger partial charge < -0.3 is 20.3 Å². The predicted octanol–water partition coefficient (Wildman–Crippen LogP) is 4.19. The monoisotopic (exact) mass is 442 g/mol. The number of carbonyl (C=O) groups is 1. The number of hydrogen-bond donors (Lipinski definition) is 3. The van der Waals surface area contributed by atoms with Gasteiger partial charge in [0.1, 0.15) is 12.7 Å². The van der Waals surface area contributed by atoms with Crippen molar-refractivity contribution in [1.29, 1.82) is 5.26 Å². The van der Waals surface area contributed by atoms with Crippen LogP contribution in [0.5, 0.6) is 0 Å². The van der Waals surface area contributed by atoms with E-state index < -0.39 is 18.3 Å². The molecule has 0 heterocycles. The highest BCUT2D eigenvalue weighted by Gasteiger charge is 2.29. The van der Waals surface area contributed by atoms with Crippen LogP contribution in [0.15, 0.2) is 66.7 Å². The van der Waals surface area contributed by atoms with E-state index in [2.05, 4.69) is 35.7 Å². The van der Waals surface area contributed by atoms with Crippen molar-refractivity contribution in [3.8, 4) is 17.2 Å². The van der Waals surface area contributed by atoms with Gasteiger partial charge in [-0.05, 0) is 52.8 Å². The van der Waals surface area contributed by atoms with Crippen molar-refractivity contribution in [2.75, 3.05) is 13.2 Å². The van der Waals surface area contributed by atoms with E-state index in [9.17, 15) is 15.0 Å². The SMILES string of the molecule is Cc1c(C#N)cccc1C(O)C(O)CCNC(=O)OCC1c2ccccc2-c2ccccc21. The van der Waals surface area contributed by atoms with E-state index in [1.807, 2.05) is 24.3 Å². The van der Waals surface area contributed by atoms with Gasteiger partial charge >= 0.3 is 6.09 Å². The topological polar surface area (TPSA) is 103 Å². The lowest BCUT2D eigenvalue weighted by Gasteiger charge is -2.20. The molecule has 0 radical (unpaired) electrons. The minimum atomic E-state index is -1.15. The van der Waals surface area contributed by atoms with E-state index in [0.29, 0.717) is 16.7 Å². The molecule has 1 aliphatic carbocycles. The standard InChI is InChI=1S/C27H26N2O4/c1-17-18(15-28)7-6-12-19(17)26(31)25(30)13-14-29-27(32)33-16-24-22-10-4-2-8-20(22)21-9-3-5-11-23(21)24/h2-12,24-26,30-31H,13-14,16H2,1H3,(H,29,32). The first-order valence-electron chi connectivity index (χ1n) is 11.0. The van der Waals surface area contributed by atoms with Crippen LogP contribution in [-0.2, 0) is 4.74 Å². The van der Waals surface area contributed by atoms with Crippen LogP contribution < -0.4 is 5.32 Å². The van der Waals surface area contributed by atoms with E-state index in [1.54, 1.807) is 25.1 Å². The summed E-state index contributed by atoms with van der Waals surface area (Å²) in [6.07, 6.45) is -2.67. The normalized spacial score (nSPS) is 14.0. The van der Waals surface area contributed by atoms with E-state index in [4.69, 9.17) is 10.00 Å². The summed E-state index contributed by atoms with van der Waals surface area (Å²) in [6, 6.07) is 23.3. The van der Waals surface area contributed by atoms with Gasteiger partial charge in [-0.1, -0.05) is 60.7 Å². The maximum absolute atomic E-state index is 12.3. The lowest BCUT2D eigenvalue weighted by molar-refractivity contribution is 0.0133. The minimum absolute atomic E-state index is 0.0223. The Morgan fingerprint density at radius 1 is 1.03 bits per heavy atom. The van der Waals surface area contributed by atoms with E-state index in [1.165, 1.54) is 0 Å². The summed E-state index contributed by atoms with van der Waals surface area (Å²) in [5.74, 6) is -0.0223. The average Bonchev–Trinajstić information content (AvgIpc) is 3.16. The van der Waals surface area contributed by atoms with Crippen molar-refractivity contribution in [3.63, 3.8) is 0 Å². The van der Waals surface area contributed by atoms with Crippen LogP contribution in [-0.4, -0.2) is 35.6 Å². The first-order valence-corrected chi connectivity index (χ1v) is 11.0. The zero-order valence-corrected chi connectivity index (χ0v) is 18.4. The summed E-state index contributed by atoms with van der Waals surface area (Å²) in [7, 11) is 0. The molecule has 0 saturated carbocycles. The number of alkyl carbamates (subject to hydrolysis) is 1. The third kappa shape index (κ3) is 4.61. The number of nitrogens with zero attached hydrogens (tertiary/aromatic N) is 1. The van der Waals surface area contributed by atoms with Gasteiger partial charge in [0.15, 0.2) is 0 Å². The second-order valence-corrected chi connectivity index (χ2v) is 8.18. The predicted molar refractivity (Wildman–Crippen MR) is 125 cm³/mol. The largest absolute Gasteiger partial charge is 0.449 e. The molecule has 3 aromatic carbocycles. The Morgan fingerprint density at radius 3 is 2.30 bits per heavy atom. The zero-order valence-electron chi connectivity index (χ0n) is 18.4. The Kier molecular flexibility index (Phi) is 6.74. The number of rotatable bonds is 7. The molecule has 4 rings (SSSR count). The van der Waals surface area contributed by atoms with Crippen molar-refractivity contribution in [2.45, 2.75) is 31.5 Å². The average molecular weight is 443 g/mol. The highest BCUT2D eigenvalue weighted by Crippen LogP contribution is 2.44.